The molecule has 116 valence electrons. The number of ether oxygens (including phenoxy) is 1. The summed E-state index contributed by atoms with van der Waals surface area (Å²) in [6.45, 7) is 5.60. The van der Waals surface area contributed by atoms with Crippen LogP contribution in [0.25, 0.3) is 0 Å². The molecule has 0 radical (unpaired) electrons. The van der Waals surface area contributed by atoms with Crippen LogP contribution < -0.4 is 10.5 Å². The summed E-state index contributed by atoms with van der Waals surface area (Å²) in [5.41, 5.74) is 7.09. The zero-order chi connectivity index (χ0) is 15.2. The Balaban J connectivity index is 1.92. The lowest BCUT2D eigenvalue weighted by Gasteiger charge is -2.29. The van der Waals surface area contributed by atoms with Gasteiger partial charge in [0.25, 0.3) is 5.91 Å². The molecule has 1 unspecified atom stereocenters. The van der Waals surface area contributed by atoms with Gasteiger partial charge in [0.2, 0.25) is 0 Å². The quantitative estimate of drug-likeness (QED) is 0.907. The highest BCUT2D eigenvalue weighted by molar-refractivity contribution is 5.81. The molecule has 0 bridgehead atoms. The highest BCUT2D eigenvalue weighted by Crippen LogP contribution is 2.20. The van der Waals surface area contributed by atoms with Crippen molar-refractivity contribution in [3.63, 3.8) is 0 Å². The molecule has 0 spiro atoms. The molecule has 1 amide bonds. The number of likely N-dealkylation sites (tertiary alicyclic amines) is 1. The Morgan fingerprint density at radius 1 is 1.24 bits per heavy atom. The van der Waals surface area contributed by atoms with Crippen molar-refractivity contribution in [1.82, 2.24) is 4.90 Å². The van der Waals surface area contributed by atoms with Gasteiger partial charge in [-0.25, -0.2) is 0 Å². The normalized spacial score (nSPS) is 18.1. The third-order valence-corrected chi connectivity index (χ3v) is 4.08. The Kier molecular flexibility index (Phi) is 5.62. The van der Waals surface area contributed by atoms with Gasteiger partial charge in [0, 0.05) is 19.1 Å². The van der Waals surface area contributed by atoms with E-state index in [1.165, 1.54) is 6.42 Å². The van der Waals surface area contributed by atoms with E-state index in [1.54, 1.807) is 0 Å². The maximum Gasteiger partial charge on any atom is 0.263 e. The molecule has 21 heavy (non-hydrogen) atoms. The predicted octanol–water partition coefficient (Wildman–Crippen LogP) is 2.88. The lowest BCUT2D eigenvalue weighted by molar-refractivity contribution is -0.138. The van der Waals surface area contributed by atoms with Gasteiger partial charge in [-0.15, -0.1) is 0 Å². The molecule has 2 rings (SSSR count). The highest BCUT2D eigenvalue weighted by Gasteiger charge is 2.23. The molecule has 4 nitrogen and oxygen atoms in total. The summed E-state index contributed by atoms with van der Waals surface area (Å²) in [7, 11) is 0. The van der Waals surface area contributed by atoms with Crippen molar-refractivity contribution in [3.8, 4) is 5.75 Å². The molecule has 1 fully saturated rings. The van der Waals surface area contributed by atoms with Crippen LogP contribution in [0.4, 0.5) is 0 Å². The number of rotatable bonds is 5. The maximum absolute atomic E-state index is 12.3. The SMILES string of the molecule is CC[C@H](N)c1ccc(OC(C)C(=O)N2CCCCC2)cc1. The average molecular weight is 290 g/mol. The van der Waals surface area contributed by atoms with E-state index in [9.17, 15) is 4.79 Å². The van der Waals surface area contributed by atoms with Gasteiger partial charge in [0.15, 0.2) is 6.10 Å². The first kappa shape index (κ1) is 15.8. The van der Waals surface area contributed by atoms with Crippen LogP contribution in [0.3, 0.4) is 0 Å². The molecule has 2 N–H and O–H groups in total. The first-order valence-corrected chi connectivity index (χ1v) is 7.92. The van der Waals surface area contributed by atoms with E-state index < -0.39 is 6.10 Å². The summed E-state index contributed by atoms with van der Waals surface area (Å²) in [5.74, 6) is 0.809. The minimum atomic E-state index is -0.436. The Labute approximate surface area is 127 Å². The fraction of sp³-hybridized carbons (Fsp3) is 0.588. The topological polar surface area (TPSA) is 55.6 Å². The smallest absolute Gasteiger partial charge is 0.263 e. The maximum atomic E-state index is 12.3. The van der Waals surface area contributed by atoms with E-state index in [2.05, 4.69) is 6.92 Å². The Bertz CT molecular complexity index is 452. The minimum absolute atomic E-state index is 0.0615. The summed E-state index contributed by atoms with van der Waals surface area (Å²) in [4.78, 5) is 14.2. The van der Waals surface area contributed by atoms with Gasteiger partial charge in [-0.05, 0) is 50.3 Å². The average Bonchev–Trinajstić information content (AvgIpc) is 2.55. The number of amides is 1. The van der Waals surface area contributed by atoms with E-state index in [4.69, 9.17) is 10.5 Å². The second-order valence-corrected chi connectivity index (χ2v) is 5.73. The van der Waals surface area contributed by atoms with Gasteiger partial charge in [-0.1, -0.05) is 19.1 Å². The number of benzene rings is 1. The van der Waals surface area contributed by atoms with Gasteiger partial charge in [0.05, 0.1) is 0 Å². The van der Waals surface area contributed by atoms with Crippen molar-refractivity contribution in [2.24, 2.45) is 5.73 Å². The van der Waals surface area contributed by atoms with Crippen LogP contribution in [0.1, 0.15) is 51.1 Å². The van der Waals surface area contributed by atoms with Crippen LogP contribution in [-0.2, 0) is 4.79 Å². The van der Waals surface area contributed by atoms with Crippen LogP contribution in [0, 0.1) is 0 Å². The van der Waals surface area contributed by atoms with Gasteiger partial charge in [-0.3, -0.25) is 4.79 Å². The monoisotopic (exact) mass is 290 g/mol. The first-order valence-electron chi connectivity index (χ1n) is 7.92. The number of carbonyl (C=O) groups is 1. The molecule has 0 aromatic heterocycles. The summed E-state index contributed by atoms with van der Waals surface area (Å²) < 4.78 is 5.77. The molecular formula is C17H26N2O2. The predicted molar refractivity (Wildman–Crippen MR) is 84.2 cm³/mol. The lowest BCUT2D eigenvalue weighted by Crippen LogP contribution is -2.43. The number of carbonyl (C=O) groups excluding carboxylic acids is 1. The third kappa shape index (κ3) is 4.21. The molecule has 0 saturated carbocycles. The highest BCUT2D eigenvalue weighted by atomic mass is 16.5. The molecule has 2 atom stereocenters. The molecule has 1 aliphatic heterocycles. The number of nitrogens with two attached hydrogens (primary N) is 1. The molecule has 1 saturated heterocycles. The van der Waals surface area contributed by atoms with E-state index in [1.807, 2.05) is 36.1 Å². The van der Waals surface area contributed by atoms with Crippen molar-refractivity contribution in [2.45, 2.75) is 51.7 Å². The molecule has 1 heterocycles. The number of piperidine rings is 1. The summed E-state index contributed by atoms with van der Waals surface area (Å²) in [5, 5.41) is 0. The Morgan fingerprint density at radius 2 is 1.86 bits per heavy atom. The Hall–Kier alpha value is -1.55. The minimum Gasteiger partial charge on any atom is -0.481 e. The number of hydrogen-bond donors (Lipinski definition) is 1. The van der Waals surface area contributed by atoms with Gasteiger partial charge in [0.1, 0.15) is 5.75 Å². The van der Waals surface area contributed by atoms with Crippen molar-refractivity contribution < 1.29 is 9.53 Å². The summed E-state index contributed by atoms with van der Waals surface area (Å²) >= 11 is 0. The first-order chi connectivity index (χ1) is 10.1. The fourth-order valence-electron chi connectivity index (χ4n) is 2.66. The van der Waals surface area contributed by atoms with E-state index in [0.29, 0.717) is 0 Å². The largest absolute Gasteiger partial charge is 0.481 e. The van der Waals surface area contributed by atoms with Gasteiger partial charge >= 0.3 is 0 Å². The van der Waals surface area contributed by atoms with Crippen molar-refractivity contribution in [1.29, 1.82) is 0 Å². The number of nitrogens with zero attached hydrogens (tertiary/aromatic N) is 1. The zero-order valence-electron chi connectivity index (χ0n) is 13.0. The van der Waals surface area contributed by atoms with Gasteiger partial charge < -0.3 is 15.4 Å². The Morgan fingerprint density at radius 3 is 2.43 bits per heavy atom. The summed E-state index contributed by atoms with van der Waals surface area (Å²) in [6, 6.07) is 7.80. The van der Waals surface area contributed by atoms with E-state index >= 15 is 0 Å². The second kappa shape index (κ2) is 7.46. The molecular weight excluding hydrogens is 264 g/mol. The second-order valence-electron chi connectivity index (χ2n) is 5.73. The van der Waals surface area contributed by atoms with Crippen molar-refractivity contribution in [3.05, 3.63) is 29.8 Å². The molecule has 0 aliphatic carbocycles. The molecule has 1 aliphatic rings. The van der Waals surface area contributed by atoms with Gasteiger partial charge in [-0.2, -0.15) is 0 Å². The van der Waals surface area contributed by atoms with E-state index in [0.717, 1.165) is 43.7 Å². The summed E-state index contributed by atoms with van der Waals surface area (Å²) in [6.07, 6.45) is 3.89. The van der Waals surface area contributed by atoms with Crippen LogP contribution in [-0.4, -0.2) is 30.0 Å². The van der Waals surface area contributed by atoms with E-state index in [-0.39, 0.29) is 11.9 Å². The fourth-order valence-corrected chi connectivity index (χ4v) is 2.66. The standard InChI is InChI=1S/C17H26N2O2/c1-3-16(18)14-7-9-15(10-8-14)21-13(2)17(20)19-11-5-4-6-12-19/h7-10,13,16H,3-6,11-12,18H2,1-2H3/t13?,16-/m0/s1. The molecule has 1 aromatic carbocycles. The van der Waals surface area contributed by atoms with Crippen LogP contribution in [0.2, 0.25) is 0 Å². The third-order valence-electron chi connectivity index (χ3n) is 4.08. The number of hydrogen-bond acceptors (Lipinski definition) is 3. The van der Waals surface area contributed by atoms with Crippen molar-refractivity contribution >= 4 is 5.91 Å². The molecule has 1 aromatic rings. The molecule has 4 heteroatoms. The van der Waals surface area contributed by atoms with Crippen molar-refractivity contribution in [2.75, 3.05) is 13.1 Å². The van der Waals surface area contributed by atoms with Crippen LogP contribution in [0.15, 0.2) is 24.3 Å². The van der Waals surface area contributed by atoms with Crippen LogP contribution >= 0.6 is 0 Å². The lowest BCUT2D eigenvalue weighted by atomic mass is 10.1. The van der Waals surface area contributed by atoms with Crippen LogP contribution in [0.5, 0.6) is 5.75 Å². The zero-order valence-corrected chi connectivity index (χ0v) is 13.0.